The van der Waals surface area contributed by atoms with Crippen molar-refractivity contribution in [2.45, 2.75) is 4.87 Å². The van der Waals surface area contributed by atoms with Gasteiger partial charge in [-0.25, -0.2) is 8.78 Å². The zero-order chi connectivity index (χ0) is 24.0. The minimum absolute atomic E-state index is 0.0378. The van der Waals surface area contributed by atoms with Gasteiger partial charge in [0.1, 0.15) is 6.54 Å². The van der Waals surface area contributed by atoms with Gasteiger partial charge in [0.05, 0.1) is 11.4 Å². The van der Waals surface area contributed by atoms with Gasteiger partial charge in [-0.2, -0.15) is 0 Å². The predicted octanol–water partition coefficient (Wildman–Crippen LogP) is 4.54. The van der Waals surface area contributed by atoms with Crippen LogP contribution >= 0.6 is 23.4 Å². The summed E-state index contributed by atoms with van der Waals surface area (Å²) in [5, 5.41) is 3.24. The summed E-state index contributed by atoms with van der Waals surface area (Å²) >= 11 is 6.96. The zero-order valence-electron chi connectivity index (χ0n) is 17.4. The van der Waals surface area contributed by atoms with Crippen LogP contribution in [0.3, 0.4) is 0 Å². The lowest BCUT2D eigenvalue weighted by atomic mass is 10.0. The summed E-state index contributed by atoms with van der Waals surface area (Å²) < 4.78 is 27.6. The molecule has 0 unspecified atom stereocenters. The van der Waals surface area contributed by atoms with E-state index in [9.17, 15) is 23.2 Å². The number of nitrogens with one attached hydrogen (secondary N) is 1. The van der Waals surface area contributed by atoms with Crippen LogP contribution in [0.5, 0.6) is 0 Å². The molecule has 0 aliphatic carbocycles. The minimum atomic E-state index is -1.53. The maximum atomic E-state index is 14.0. The number of anilines is 3. The summed E-state index contributed by atoms with van der Waals surface area (Å²) in [4.78, 5) is 40.5. The molecule has 0 aromatic heterocycles. The second-order valence-corrected chi connectivity index (χ2v) is 9.33. The quantitative estimate of drug-likeness (QED) is 0.572. The first kappa shape index (κ1) is 22.4. The predicted molar refractivity (Wildman–Crippen MR) is 127 cm³/mol. The SMILES string of the molecule is O=C(CN1C(=O)[C@]2(SCC(=O)N2c2ccc(F)c(F)c2)c2ccccc21)Nc1ccc(Cl)cc1. The molecule has 6 nitrogen and oxygen atoms in total. The highest BCUT2D eigenvalue weighted by Crippen LogP contribution is 2.55. The summed E-state index contributed by atoms with van der Waals surface area (Å²) in [7, 11) is 0. The molecule has 34 heavy (non-hydrogen) atoms. The lowest BCUT2D eigenvalue weighted by Gasteiger charge is -2.33. The first-order valence-corrected chi connectivity index (χ1v) is 11.6. The van der Waals surface area contributed by atoms with Gasteiger partial charge in [-0.05, 0) is 42.5 Å². The third-order valence-electron chi connectivity index (χ3n) is 5.65. The maximum absolute atomic E-state index is 14.0. The lowest BCUT2D eigenvalue weighted by molar-refractivity contribution is -0.124. The van der Waals surface area contributed by atoms with E-state index < -0.39 is 34.2 Å². The van der Waals surface area contributed by atoms with Gasteiger partial charge in [0.25, 0.3) is 5.91 Å². The van der Waals surface area contributed by atoms with Crippen LogP contribution < -0.4 is 15.1 Å². The van der Waals surface area contributed by atoms with Crippen LogP contribution in [0, 0.1) is 11.6 Å². The molecule has 1 atom stereocenters. The number of para-hydroxylation sites is 1. The van der Waals surface area contributed by atoms with Crippen LogP contribution in [-0.4, -0.2) is 30.0 Å². The number of halogens is 3. The highest BCUT2D eigenvalue weighted by Gasteiger charge is 2.61. The molecule has 0 bridgehead atoms. The summed E-state index contributed by atoms with van der Waals surface area (Å²) in [5.41, 5.74) is 1.54. The number of benzene rings is 3. The van der Waals surface area contributed by atoms with Crippen molar-refractivity contribution in [2.75, 3.05) is 27.4 Å². The van der Waals surface area contributed by atoms with Crippen LogP contribution in [0.4, 0.5) is 25.8 Å². The van der Waals surface area contributed by atoms with Crippen LogP contribution in [-0.2, 0) is 19.3 Å². The lowest BCUT2D eigenvalue weighted by Crippen LogP contribution is -2.51. The maximum Gasteiger partial charge on any atom is 0.269 e. The fourth-order valence-electron chi connectivity index (χ4n) is 4.21. The van der Waals surface area contributed by atoms with Crippen molar-refractivity contribution < 1.29 is 23.2 Å². The molecule has 2 aliphatic heterocycles. The van der Waals surface area contributed by atoms with E-state index in [1.165, 1.54) is 15.9 Å². The number of nitrogens with zero attached hydrogens (tertiary/aromatic N) is 2. The van der Waals surface area contributed by atoms with E-state index in [0.29, 0.717) is 22.0 Å². The molecule has 3 aromatic carbocycles. The molecular weight excluding hydrogens is 484 g/mol. The number of amides is 3. The molecule has 1 fully saturated rings. The first-order valence-electron chi connectivity index (χ1n) is 10.2. The molecule has 0 radical (unpaired) electrons. The number of hydrogen-bond acceptors (Lipinski definition) is 4. The topological polar surface area (TPSA) is 69.7 Å². The Bertz CT molecular complexity index is 1340. The molecule has 0 saturated carbocycles. The smallest absolute Gasteiger partial charge is 0.269 e. The molecular formula is C24H16ClF2N3O3S. The standard InChI is InChI=1S/C24H16ClF2N3O3S/c25-14-5-7-15(8-6-14)28-21(31)12-29-20-4-2-1-3-17(20)24(23(29)33)30(22(32)13-34-24)16-9-10-18(26)19(27)11-16/h1-11H,12-13H2,(H,28,31)/t24-/m1/s1. The van der Waals surface area contributed by atoms with Crippen molar-refractivity contribution in [3.8, 4) is 0 Å². The van der Waals surface area contributed by atoms with E-state index in [0.717, 1.165) is 23.9 Å². The second-order valence-electron chi connectivity index (χ2n) is 7.72. The Kier molecular flexibility index (Phi) is 5.53. The Labute approximate surface area is 202 Å². The fourth-order valence-corrected chi connectivity index (χ4v) is 5.70. The highest BCUT2D eigenvalue weighted by molar-refractivity contribution is 8.02. The Morgan fingerprint density at radius 1 is 1.03 bits per heavy atom. The average Bonchev–Trinajstić information content (AvgIpc) is 3.28. The van der Waals surface area contributed by atoms with Gasteiger partial charge in [-0.15, -0.1) is 11.8 Å². The van der Waals surface area contributed by atoms with Gasteiger partial charge >= 0.3 is 0 Å². The molecule has 5 rings (SSSR count). The molecule has 172 valence electrons. The number of thioether (sulfide) groups is 1. The van der Waals surface area contributed by atoms with Gasteiger partial charge in [-0.1, -0.05) is 29.8 Å². The number of fused-ring (bicyclic) bond motifs is 2. The van der Waals surface area contributed by atoms with Crippen molar-refractivity contribution in [3.63, 3.8) is 0 Å². The Balaban J connectivity index is 1.52. The monoisotopic (exact) mass is 499 g/mol. The van der Waals surface area contributed by atoms with Crippen LogP contribution in [0.1, 0.15) is 5.56 Å². The summed E-state index contributed by atoms with van der Waals surface area (Å²) in [6.07, 6.45) is 0. The van der Waals surface area contributed by atoms with Crippen molar-refractivity contribution >= 4 is 58.1 Å². The van der Waals surface area contributed by atoms with E-state index in [4.69, 9.17) is 11.6 Å². The number of hydrogen-bond donors (Lipinski definition) is 1. The average molecular weight is 500 g/mol. The molecule has 2 aliphatic rings. The van der Waals surface area contributed by atoms with Crippen LogP contribution in [0.2, 0.25) is 5.02 Å². The fraction of sp³-hybridized carbons (Fsp3) is 0.125. The molecule has 3 amide bonds. The van der Waals surface area contributed by atoms with Gasteiger partial charge in [-0.3, -0.25) is 24.2 Å². The Morgan fingerprint density at radius 3 is 2.50 bits per heavy atom. The van der Waals surface area contributed by atoms with Crippen molar-refractivity contribution in [2.24, 2.45) is 0 Å². The van der Waals surface area contributed by atoms with E-state index in [2.05, 4.69) is 5.32 Å². The molecule has 10 heteroatoms. The van der Waals surface area contributed by atoms with E-state index >= 15 is 0 Å². The second kappa shape index (κ2) is 8.41. The molecule has 3 aromatic rings. The highest BCUT2D eigenvalue weighted by atomic mass is 35.5. The molecule has 2 heterocycles. The summed E-state index contributed by atoms with van der Waals surface area (Å²) in [5.74, 6) is -3.61. The minimum Gasteiger partial charge on any atom is -0.325 e. The number of carbonyl (C=O) groups excluding carboxylic acids is 3. The number of rotatable bonds is 4. The first-order chi connectivity index (χ1) is 16.3. The summed E-state index contributed by atoms with van der Waals surface area (Å²) in [6, 6.07) is 16.4. The largest absolute Gasteiger partial charge is 0.325 e. The Morgan fingerprint density at radius 2 is 1.76 bits per heavy atom. The molecule has 1 saturated heterocycles. The van der Waals surface area contributed by atoms with Gasteiger partial charge < -0.3 is 5.32 Å². The number of carbonyl (C=O) groups is 3. The van der Waals surface area contributed by atoms with E-state index in [1.54, 1.807) is 48.5 Å². The summed E-state index contributed by atoms with van der Waals surface area (Å²) in [6.45, 7) is -0.305. The van der Waals surface area contributed by atoms with Crippen molar-refractivity contribution in [1.29, 1.82) is 0 Å². The third kappa shape index (κ3) is 3.52. The van der Waals surface area contributed by atoms with Crippen LogP contribution in [0.15, 0.2) is 66.7 Å². The van der Waals surface area contributed by atoms with Crippen molar-refractivity contribution in [3.05, 3.63) is 89.0 Å². The molecule has 1 N–H and O–H groups in total. The van der Waals surface area contributed by atoms with Crippen LogP contribution in [0.25, 0.3) is 0 Å². The van der Waals surface area contributed by atoms with E-state index in [-0.39, 0.29) is 18.0 Å². The van der Waals surface area contributed by atoms with Crippen molar-refractivity contribution in [1.82, 2.24) is 0 Å². The normalized spacial score (nSPS) is 19.1. The Hall–Kier alpha value is -3.43. The van der Waals surface area contributed by atoms with Gasteiger partial charge in [0, 0.05) is 28.0 Å². The van der Waals surface area contributed by atoms with Gasteiger partial charge in [0.15, 0.2) is 11.6 Å². The van der Waals surface area contributed by atoms with E-state index in [1.807, 2.05) is 0 Å². The third-order valence-corrected chi connectivity index (χ3v) is 7.29. The molecule has 1 spiro atoms. The van der Waals surface area contributed by atoms with Gasteiger partial charge in [0.2, 0.25) is 16.7 Å². The zero-order valence-corrected chi connectivity index (χ0v) is 19.0.